The van der Waals surface area contributed by atoms with E-state index in [1.165, 1.54) is 0 Å². The molecule has 0 bridgehead atoms. The van der Waals surface area contributed by atoms with Crippen LogP contribution in [-0.4, -0.2) is 39.6 Å². The zero-order chi connectivity index (χ0) is 14.4. The van der Waals surface area contributed by atoms with Crippen molar-refractivity contribution in [2.45, 2.75) is 26.7 Å². The number of H-pyrrole nitrogens is 2. The van der Waals surface area contributed by atoms with Gasteiger partial charge in [0.05, 0.1) is 13.1 Å². The molecule has 0 atom stereocenters. The van der Waals surface area contributed by atoms with Gasteiger partial charge in [-0.3, -0.25) is 9.59 Å². The number of hydrogen-bond acceptors (Lipinski definition) is 6. The van der Waals surface area contributed by atoms with E-state index in [9.17, 15) is 9.59 Å². The average Bonchev–Trinajstić information content (AvgIpc) is 2.36. The van der Waals surface area contributed by atoms with Gasteiger partial charge in [-0.25, -0.2) is 0 Å². The zero-order valence-electron chi connectivity index (χ0n) is 10.9. The maximum Gasteiger partial charge on any atom is 0.208 e. The maximum atomic E-state index is 11.6. The number of aromatic nitrogens is 3. The van der Waals surface area contributed by atoms with Crippen LogP contribution in [0.1, 0.15) is 26.7 Å². The Kier molecular flexibility index (Phi) is 5.97. The largest absolute Gasteiger partial charge is 0.328 e. The number of Topliss-reactive ketones (excluding diaryl/α,β-unsaturated/α-hetero) is 2. The van der Waals surface area contributed by atoms with Gasteiger partial charge in [0, 0.05) is 12.8 Å². The molecule has 0 unspecified atom stereocenters. The Bertz CT molecular complexity index is 532. The summed E-state index contributed by atoms with van der Waals surface area (Å²) in [7, 11) is 0. The third-order valence-electron chi connectivity index (χ3n) is 2.48. The highest BCUT2D eigenvalue weighted by Crippen LogP contribution is 2.07. The number of rotatable bonds is 7. The van der Waals surface area contributed by atoms with Crippen LogP contribution >= 0.6 is 24.4 Å². The standard InChI is InChI=1S/C11H16N4O2S2/c1-3-7(16)5-15(6-8(17)4-2)9-12-10(18)14-11(19)13-9/h3-6H2,1-2H3,(H2,12,13,14,18,19). The summed E-state index contributed by atoms with van der Waals surface area (Å²) in [5, 5.41) is 0. The second kappa shape index (κ2) is 7.25. The van der Waals surface area contributed by atoms with Crippen molar-refractivity contribution in [3.63, 3.8) is 0 Å². The van der Waals surface area contributed by atoms with Crippen LogP contribution in [0.15, 0.2) is 0 Å². The van der Waals surface area contributed by atoms with E-state index in [0.29, 0.717) is 23.6 Å². The number of nitrogens with zero attached hydrogens (tertiary/aromatic N) is 2. The fourth-order valence-electron chi connectivity index (χ4n) is 1.39. The van der Waals surface area contributed by atoms with Crippen molar-refractivity contribution < 1.29 is 9.59 Å². The Morgan fingerprint density at radius 1 is 1.11 bits per heavy atom. The van der Waals surface area contributed by atoms with E-state index in [1.54, 1.807) is 18.7 Å². The summed E-state index contributed by atoms with van der Waals surface area (Å²) in [6.45, 7) is 3.77. The second-order valence-corrected chi connectivity index (χ2v) is 4.76. The lowest BCUT2D eigenvalue weighted by molar-refractivity contribution is -0.118. The van der Waals surface area contributed by atoms with Crippen LogP contribution in [0.2, 0.25) is 0 Å². The molecule has 104 valence electrons. The van der Waals surface area contributed by atoms with Gasteiger partial charge in [-0.2, -0.15) is 4.98 Å². The highest BCUT2D eigenvalue weighted by molar-refractivity contribution is 7.71. The lowest BCUT2D eigenvalue weighted by atomic mass is 10.2. The molecule has 0 saturated carbocycles. The fourth-order valence-corrected chi connectivity index (χ4v) is 1.83. The summed E-state index contributed by atoms with van der Waals surface area (Å²) in [6.07, 6.45) is 0.800. The third-order valence-corrected chi connectivity index (χ3v) is 2.87. The number of ketones is 2. The van der Waals surface area contributed by atoms with Crippen LogP contribution in [0.3, 0.4) is 0 Å². The van der Waals surface area contributed by atoms with Crippen LogP contribution in [-0.2, 0) is 9.59 Å². The number of aromatic amines is 2. The highest BCUT2D eigenvalue weighted by atomic mass is 32.1. The Balaban J connectivity index is 3.06. The first kappa shape index (κ1) is 15.6. The van der Waals surface area contributed by atoms with Crippen molar-refractivity contribution in [3.8, 4) is 0 Å². The Morgan fingerprint density at radius 3 is 2.05 bits per heavy atom. The molecule has 0 fully saturated rings. The number of carbonyl (C=O) groups excluding carboxylic acids is 2. The summed E-state index contributed by atoms with van der Waals surface area (Å²) in [6, 6.07) is 0. The minimum atomic E-state index is 0.0174. The number of carbonyl (C=O) groups is 2. The maximum absolute atomic E-state index is 11.6. The van der Waals surface area contributed by atoms with Gasteiger partial charge >= 0.3 is 0 Å². The minimum absolute atomic E-state index is 0.0174. The van der Waals surface area contributed by atoms with E-state index in [1.807, 2.05) is 0 Å². The van der Waals surface area contributed by atoms with Gasteiger partial charge < -0.3 is 14.9 Å². The van der Waals surface area contributed by atoms with Gasteiger partial charge in [-0.05, 0) is 24.4 Å². The fraction of sp³-hybridized carbons (Fsp3) is 0.545. The summed E-state index contributed by atoms with van der Waals surface area (Å²) < 4.78 is 0.532. The molecule has 0 aliphatic heterocycles. The van der Waals surface area contributed by atoms with E-state index in [4.69, 9.17) is 24.4 Å². The Morgan fingerprint density at radius 2 is 1.63 bits per heavy atom. The predicted octanol–water partition coefficient (Wildman–Crippen LogP) is 1.96. The monoisotopic (exact) mass is 300 g/mol. The van der Waals surface area contributed by atoms with Crippen LogP contribution < -0.4 is 4.90 Å². The smallest absolute Gasteiger partial charge is 0.208 e. The SMILES string of the molecule is CCC(=O)CN(CC(=O)CC)c1nc(=S)[nH]c(=S)[nH]1. The first-order valence-corrected chi connectivity index (χ1v) is 6.76. The number of hydrogen-bond donors (Lipinski definition) is 2. The van der Waals surface area contributed by atoms with Gasteiger partial charge in [-0.1, -0.05) is 13.8 Å². The van der Waals surface area contributed by atoms with Gasteiger partial charge in [-0.15, -0.1) is 0 Å². The molecular formula is C11H16N4O2S2. The van der Waals surface area contributed by atoms with E-state index in [-0.39, 0.29) is 29.4 Å². The van der Waals surface area contributed by atoms with Crippen LogP contribution in [0.25, 0.3) is 0 Å². The van der Waals surface area contributed by atoms with Crippen molar-refractivity contribution in [2.75, 3.05) is 18.0 Å². The average molecular weight is 300 g/mol. The van der Waals surface area contributed by atoms with Crippen LogP contribution in [0, 0.1) is 9.54 Å². The molecule has 19 heavy (non-hydrogen) atoms. The van der Waals surface area contributed by atoms with Crippen LogP contribution in [0.4, 0.5) is 5.95 Å². The Labute approximate surface area is 121 Å². The van der Waals surface area contributed by atoms with Crippen molar-refractivity contribution in [2.24, 2.45) is 0 Å². The normalized spacial score (nSPS) is 10.2. The zero-order valence-corrected chi connectivity index (χ0v) is 12.5. The van der Waals surface area contributed by atoms with Gasteiger partial charge in [0.2, 0.25) is 10.7 Å². The molecule has 0 radical (unpaired) electrons. The van der Waals surface area contributed by atoms with Crippen molar-refractivity contribution in [1.82, 2.24) is 15.0 Å². The third kappa shape index (κ3) is 4.99. The van der Waals surface area contributed by atoms with Gasteiger partial charge in [0.15, 0.2) is 16.3 Å². The van der Waals surface area contributed by atoms with Crippen molar-refractivity contribution in [1.29, 1.82) is 0 Å². The molecule has 2 N–H and O–H groups in total. The first-order valence-electron chi connectivity index (χ1n) is 5.95. The van der Waals surface area contributed by atoms with E-state index < -0.39 is 0 Å². The van der Waals surface area contributed by atoms with E-state index in [2.05, 4.69) is 15.0 Å². The number of nitrogens with one attached hydrogen (secondary N) is 2. The molecule has 0 aliphatic carbocycles. The molecule has 0 spiro atoms. The molecule has 1 aromatic heterocycles. The summed E-state index contributed by atoms with van der Waals surface area (Å²) in [5.41, 5.74) is 0. The lowest BCUT2D eigenvalue weighted by Gasteiger charge is -2.21. The molecule has 8 heteroatoms. The molecule has 0 aliphatic rings. The molecule has 1 aromatic rings. The topological polar surface area (TPSA) is 81.8 Å². The number of anilines is 1. The lowest BCUT2D eigenvalue weighted by Crippen LogP contribution is -2.35. The van der Waals surface area contributed by atoms with Crippen LogP contribution in [0.5, 0.6) is 0 Å². The molecule has 0 saturated heterocycles. The minimum Gasteiger partial charge on any atom is -0.328 e. The second-order valence-electron chi connectivity index (χ2n) is 3.96. The molecular weight excluding hydrogens is 284 g/mol. The summed E-state index contributed by atoms with van der Waals surface area (Å²) in [4.78, 5) is 34.3. The quantitative estimate of drug-likeness (QED) is 0.749. The highest BCUT2D eigenvalue weighted by Gasteiger charge is 2.15. The first-order chi connectivity index (χ1) is 8.96. The summed E-state index contributed by atoms with van der Waals surface area (Å²) in [5.74, 6) is 0.380. The molecule has 0 amide bonds. The van der Waals surface area contributed by atoms with Crippen molar-refractivity contribution >= 4 is 42.0 Å². The van der Waals surface area contributed by atoms with Gasteiger partial charge in [0.25, 0.3) is 0 Å². The van der Waals surface area contributed by atoms with Gasteiger partial charge in [0.1, 0.15) is 0 Å². The molecule has 0 aromatic carbocycles. The molecule has 1 rings (SSSR count). The summed E-state index contributed by atoms with van der Waals surface area (Å²) >= 11 is 9.92. The Hall–Kier alpha value is -1.41. The molecule has 1 heterocycles. The van der Waals surface area contributed by atoms with Crippen molar-refractivity contribution in [3.05, 3.63) is 9.54 Å². The van der Waals surface area contributed by atoms with E-state index in [0.717, 1.165) is 0 Å². The predicted molar refractivity (Wildman–Crippen MR) is 77.4 cm³/mol. The van der Waals surface area contributed by atoms with E-state index >= 15 is 0 Å². The molecule has 6 nitrogen and oxygen atoms in total.